The van der Waals surface area contributed by atoms with Crippen LogP contribution in [0.1, 0.15) is 34.9 Å². The van der Waals surface area contributed by atoms with E-state index in [4.69, 9.17) is 9.15 Å². The van der Waals surface area contributed by atoms with Crippen LogP contribution < -0.4 is 4.90 Å². The number of nitrogens with zero attached hydrogens (tertiary/aromatic N) is 4. The summed E-state index contributed by atoms with van der Waals surface area (Å²) in [6.07, 6.45) is -2.69. The number of anilines is 1. The number of rotatable bonds is 5. The molecule has 2 aromatic rings. The zero-order chi connectivity index (χ0) is 21.1. The van der Waals surface area contributed by atoms with Gasteiger partial charge in [0, 0.05) is 32.2 Å². The van der Waals surface area contributed by atoms with Crippen molar-refractivity contribution in [3.63, 3.8) is 0 Å². The van der Waals surface area contributed by atoms with E-state index in [1.54, 1.807) is 17.0 Å². The van der Waals surface area contributed by atoms with Crippen LogP contribution in [0.2, 0.25) is 0 Å². The number of morpholine rings is 1. The lowest BCUT2D eigenvalue weighted by atomic mass is 10.3. The van der Waals surface area contributed by atoms with Crippen molar-refractivity contribution in [2.75, 3.05) is 44.3 Å². The second-order valence-electron chi connectivity index (χ2n) is 7.05. The number of amides is 1. The number of ether oxygens (including phenoxy) is 1. The van der Waals surface area contributed by atoms with E-state index >= 15 is 0 Å². The molecule has 4 rings (SSSR count). The molecule has 0 unspecified atom stereocenters. The topological polar surface area (TPSA) is 71.7 Å². The maximum Gasteiger partial charge on any atom is 0.433 e. The highest BCUT2D eigenvalue weighted by Crippen LogP contribution is 2.33. The van der Waals surface area contributed by atoms with E-state index in [0.717, 1.165) is 30.7 Å². The molecule has 1 amide bonds. The Morgan fingerprint density at radius 2 is 1.83 bits per heavy atom. The predicted octanol–water partition coefficient (Wildman–Crippen LogP) is 3.45. The Morgan fingerprint density at radius 3 is 2.53 bits per heavy atom. The normalized spacial score (nSPS) is 17.6. The number of carbonyl (C=O) groups excluding carboxylic acids is 1. The first-order valence-electron chi connectivity index (χ1n) is 9.70. The Morgan fingerprint density at radius 1 is 1.10 bits per heavy atom. The van der Waals surface area contributed by atoms with Gasteiger partial charge in [0.15, 0.2) is 16.6 Å². The maximum absolute atomic E-state index is 13.3. The van der Waals surface area contributed by atoms with Gasteiger partial charge in [-0.15, -0.1) is 0 Å². The Balaban J connectivity index is 1.46. The number of halogens is 3. The van der Waals surface area contributed by atoms with Gasteiger partial charge in [0.2, 0.25) is 0 Å². The van der Waals surface area contributed by atoms with Gasteiger partial charge in [-0.25, -0.2) is 9.97 Å². The summed E-state index contributed by atoms with van der Waals surface area (Å²) in [6.45, 7) is 3.35. The van der Waals surface area contributed by atoms with Crippen LogP contribution in [0.15, 0.2) is 27.8 Å². The molecule has 0 N–H and O–H groups in total. The molecule has 0 atom stereocenters. The summed E-state index contributed by atoms with van der Waals surface area (Å²) in [4.78, 5) is 23.9. The maximum atomic E-state index is 13.3. The van der Waals surface area contributed by atoms with E-state index in [1.807, 2.05) is 4.90 Å². The van der Waals surface area contributed by atoms with Crippen LogP contribution >= 0.6 is 11.8 Å². The van der Waals surface area contributed by atoms with E-state index in [0.29, 0.717) is 51.0 Å². The molecular weight excluding hydrogens is 421 g/mol. The van der Waals surface area contributed by atoms with Crippen molar-refractivity contribution in [1.82, 2.24) is 14.9 Å². The monoisotopic (exact) mass is 442 g/mol. The fraction of sp³-hybridized carbons (Fsp3) is 0.526. The molecule has 0 saturated carbocycles. The molecule has 2 saturated heterocycles. The summed E-state index contributed by atoms with van der Waals surface area (Å²) in [7, 11) is 0. The van der Waals surface area contributed by atoms with Crippen molar-refractivity contribution in [3.8, 4) is 0 Å². The quantitative estimate of drug-likeness (QED) is 0.519. The molecule has 2 fully saturated rings. The summed E-state index contributed by atoms with van der Waals surface area (Å²) in [6, 6.07) is 4.23. The van der Waals surface area contributed by atoms with Gasteiger partial charge in [-0.05, 0) is 25.0 Å². The molecule has 2 aromatic heterocycles. The summed E-state index contributed by atoms with van der Waals surface area (Å²) < 4.78 is 50.7. The molecule has 2 aliphatic rings. The standard InChI is InChI=1S/C19H21F3N4O3S/c20-19(21,22)15-11-16(25-5-1-2-6-25)24-18(23-15)30-12-13-3-4-14(29-13)17(27)26-7-9-28-10-8-26/h3-4,11H,1-2,5-10,12H2. The third-order valence-electron chi connectivity index (χ3n) is 4.93. The first-order valence-corrected chi connectivity index (χ1v) is 10.7. The minimum Gasteiger partial charge on any atom is -0.455 e. The van der Waals surface area contributed by atoms with Crippen molar-refractivity contribution in [2.45, 2.75) is 29.9 Å². The van der Waals surface area contributed by atoms with Crippen molar-refractivity contribution >= 4 is 23.5 Å². The van der Waals surface area contributed by atoms with Crippen molar-refractivity contribution in [1.29, 1.82) is 0 Å². The van der Waals surface area contributed by atoms with Crippen LogP contribution in [0.4, 0.5) is 19.0 Å². The highest BCUT2D eigenvalue weighted by Gasteiger charge is 2.34. The molecule has 4 heterocycles. The zero-order valence-corrected chi connectivity index (χ0v) is 17.0. The Hall–Kier alpha value is -2.27. The molecule has 162 valence electrons. The molecule has 0 radical (unpaired) electrons. The molecule has 11 heteroatoms. The first-order chi connectivity index (χ1) is 14.4. The highest BCUT2D eigenvalue weighted by molar-refractivity contribution is 7.98. The van der Waals surface area contributed by atoms with Crippen molar-refractivity contribution < 1.29 is 27.1 Å². The lowest BCUT2D eigenvalue weighted by Crippen LogP contribution is -2.40. The van der Waals surface area contributed by atoms with Gasteiger partial charge < -0.3 is 19.0 Å². The van der Waals surface area contributed by atoms with Gasteiger partial charge in [0.1, 0.15) is 11.6 Å². The number of thioether (sulfide) groups is 1. The van der Waals surface area contributed by atoms with Gasteiger partial charge in [-0.2, -0.15) is 13.2 Å². The Bertz CT molecular complexity index is 893. The molecule has 0 aliphatic carbocycles. The molecule has 30 heavy (non-hydrogen) atoms. The number of alkyl halides is 3. The van der Waals surface area contributed by atoms with Crippen LogP contribution in [-0.2, 0) is 16.7 Å². The smallest absolute Gasteiger partial charge is 0.433 e. The third-order valence-corrected chi connectivity index (χ3v) is 5.80. The molecule has 0 spiro atoms. The van der Waals surface area contributed by atoms with Gasteiger partial charge in [0.05, 0.1) is 19.0 Å². The second kappa shape index (κ2) is 8.84. The van der Waals surface area contributed by atoms with Gasteiger partial charge in [-0.1, -0.05) is 11.8 Å². The number of hydrogen-bond acceptors (Lipinski definition) is 7. The number of aromatic nitrogens is 2. The minimum absolute atomic E-state index is 0.0316. The molecule has 2 aliphatic heterocycles. The largest absolute Gasteiger partial charge is 0.455 e. The lowest BCUT2D eigenvalue weighted by Gasteiger charge is -2.25. The van der Waals surface area contributed by atoms with E-state index < -0.39 is 11.9 Å². The molecule has 0 aromatic carbocycles. The second-order valence-corrected chi connectivity index (χ2v) is 7.99. The SMILES string of the molecule is O=C(c1ccc(CSc2nc(N3CCCC3)cc(C(F)(F)F)n2)o1)N1CCOCC1. The average Bonchev–Trinajstić information content (AvgIpc) is 3.44. The van der Waals surface area contributed by atoms with Gasteiger partial charge >= 0.3 is 6.18 Å². The van der Waals surface area contributed by atoms with Crippen LogP contribution in [-0.4, -0.2) is 60.2 Å². The zero-order valence-electron chi connectivity index (χ0n) is 16.2. The Kier molecular flexibility index (Phi) is 6.19. The average molecular weight is 442 g/mol. The predicted molar refractivity (Wildman–Crippen MR) is 103 cm³/mol. The minimum atomic E-state index is -4.55. The highest BCUT2D eigenvalue weighted by atomic mass is 32.2. The number of hydrogen-bond donors (Lipinski definition) is 0. The number of carbonyl (C=O) groups is 1. The third kappa shape index (κ3) is 4.89. The Labute approximate surface area is 175 Å². The summed E-state index contributed by atoms with van der Waals surface area (Å²) in [5.74, 6) is 0.966. The van der Waals surface area contributed by atoms with Crippen LogP contribution in [0, 0.1) is 0 Å². The van der Waals surface area contributed by atoms with Crippen molar-refractivity contribution in [2.24, 2.45) is 0 Å². The number of furan rings is 1. The first kappa shape index (κ1) is 21.0. The van der Waals surface area contributed by atoms with Gasteiger partial charge in [-0.3, -0.25) is 4.79 Å². The summed E-state index contributed by atoms with van der Waals surface area (Å²) >= 11 is 1.05. The molecule has 0 bridgehead atoms. The van der Waals surface area contributed by atoms with Crippen LogP contribution in [0.3, 0.4) is 0 Å². The summed E-state index contributed by atoms with van der Waals surface area (Å²) in [5.41, 5.74) is -0.954. The van der Waals surface area contributed by atoms with E-state index in [2.05, 4.69) is 9.97 Å². The van der Waals surface area contributed by atoms with Gasteiger partial charge in [0.25, 0.3) is 5.91 Å². The summed E-state index contributed by atoms with van der Waals surface area (Å²) in [5, 5.41) is 0.0316. The lowest BCUT2D eigenvalue weighted by molar-refractivity contribution is -0.141. The fourth-order valence-corrected chi connectivity index (χ4v) is 4.11. The molecular formula is C19H21F3N4O3S. The van der Waals surface area contributed by atoms with E-state index in [9.17, 15) is 18.0 Å². The van der Waals surface area contributed by atoms with E-state index in [-0.39, 0.29) is 22.6 Å². The fourth-order valence-electron chi connectivity index (χ4n) is 3.36. The van der Waals surface area contributed by atoms with Crippen LogP contribution in [0.5, 0.6) is 0 Å². The van der Waals surface area contributed by atoms with Crippen LogP contribution in [0.25, 0.3) is 0 Å². The van der Waals surface area contributed by atoms with Crippen molar-refractivity contribution in [3.05, 3.63) is 35.4 Å². The molecule has 7 nitrogen and oxygen atoms in total. The van der Waals surface area contributed by atoms with E-state index in [1.165, 1.54) is 0 Å².